The van der Waals surface area contributed by atoms with Crippen molar-refractivity contribution in [3.63, 3.8) is 0 Å². The van der Waals surface area contributed by atoms with E-state index in [1.807, 2.05) is 13.0 Å². The predicted molar refractivity (Wildman–Crippen MR) is 41.3 cm³/mol. The van der Waals surface area contributed by atoms with Crippen LogP contribution in [-0.2, 0) is 14.2 Å². The molecule has 0 spiro atoms. The van der Waals surface area contributed by atoms with Crippen LogP contribution in [0.4, 0.5) is 0 Å². The largest absolute Gasteiger partial charge is 0.499 e. The second-order valence-electron chi connectivity index (χ2n) is 2.37. The molecule has 1 fully saturated rings. The topological polar surface area (TPSA) is 27.7 Å². The molecule has 0 aromatic carbocycles. The lowest BCUT2D eigenvalue weighted by molar-refractivity contribution is -0.106. The molecule has 64 valence electrons. The first kappa shape index (κ1) is 8.56. The van der Waals surface area contributed by atoms with Gasteiger partial charge in [0.25, 0.3) is 0 Å². The Morgan fingerprint density at radius 3 is 3.09 bits per heavy atom. The maximum absolute atomic E-state index is 5.34. The van der Waals surface area contributed by atoms with Gasteiger partial charge in [-0.05, 0) is 6.92 Å². The van der Waals surface area contributed by atoms with Crippen molar-refractivity contribution in [1.29, 1.82) is 0 Å². The highest BCUT2D eigenvalue weighted by Gasteiger charge is 2.13. The Kier molecular flexibility index (Phi) is 4.01. The van der Waals surface area contributed by atoms with Crippen LogP contribution in [0.15, 0.2) is 12.3 Å². The Hall–Kier alpha value is -0.540. The molecule has 0 saturated carbocycles. The predicted octanol–water partition coefficient (Wildman–Crippen LogP) is 0.952. The summed E-state index contributed by atoms with van der Waals surface area (Å²) < 4.78 is 15.7. The third-order valence-corrected chi connectivity index (χ3v) is 1.40. The van der Waals surface area contributed by atoms with Gasteiger partial charge in [0.05, 0.1) is 26.1 Å². The molecule has 0 aliphatic carbocycles. The molecule has 1 rings (SSSR count). The van der Waals surface area contributed by atoms with Crippen LogP contribution < -0.4 is 0 Å². The molecule has 1 saturated heterocycles. The van der Waals surface area contributed by atoms with Crippen LogP contribution in [0.5, 0.6) is 0 Å². The maximum atomic E-state index is 5.34. The van der Waals surface area contributed by atoms with Crippen LogP contribution in [0.1, 0.15) is 6.92 Å². The lowest BCUT2D eigenvalue weighted by Gasteiger charge is -2.21. The molecule has 1 atom stereocenters. The molecule has 0 N–H and O–H groups in total. The third-order valence-electron chi connectivity index (χ3n) is 1.40. The Balaban J connectivity index is 2.04. The van der Waals surface area contributed by atoms with Gasteiger partial charge in [-0.25, -0.2) is 0 Å². The summed E-state index contributed by atoms with van der Waals surface area (Å²) >= 11 is 0. The second kappa shape index (κ2) is 5.16. The van der Waals surface area contributed by atoms with Crippen molar-refractivity contribution in [3.05, 3.63) is 12.3 Å². The molecular formula is C8H14O3. The van der Waals surface area contributed by atoms with Gasteiger partial charge in [-0.1, -0.05) is 6.08 Å². The number of hydrogen-bond acceptors (Lipinski definition) is 3. The van der Waals surface area contributed by atoms with Crippen LogP contribution in [0.3, 0.4) is 0 Å². The number of rotatable bonds is 3. The van der Waals surface area contributed by atoms with Gasteiger partial charge >= 0.3 is 0 Å². The van der Waals surface area contributed by atoms with E-state index in [-0.39, 0.29) is 6.10 Å². The molecule has 0 radical (unpaired) electrons. The second-order valence-corrected chi connectivity index (χ2v) is 2.37. The van der Waals surface area contributed by atoms with E-state index in [1.165, 1.54) is 0 Å². The SMILES string of the molecule is C/C=C/OCC1COCCO1. The average Bonchev–Trinajstić information content (AvgIpc) is 2.07. The Bertz CT molecular complexity index is 117. The fraction of sp³-hybridized carbons (Fsp3) is 0.750. The average molecular weight is 158 g/mol. The first-order valence-corrected chi connectivity index (χ1v) is 3.85. The summed E-state index contributed by atoms with van der Waals surface area (Å²) in [7, 11) is 0. The van der Waals surface area contributed by atoms with Gasteiger partial charge in [0, 0.05) is 0 Å². The van der Waals surface area contributed by atoms with Gasteiger partial charge in [0.1, 0.15) is 12.7 Å². The summed E-state index contributed by atoms with van der Waals surface area (Å²) in [4.78, 5) is 0. The lowest BCUT2D eigenvalue weighted by atomic mass is 10.4. The number of hydrogen-bond donors (Lipinski definition) is 0. The number of ether oxygens (including phenoxy) is 3. The molecule has 3 heteroatoms. The Morgan fingerprint density at radius 1 is 1.55 bits per heavy atom. The van der Waals surface area contributed by atoms with Crippen LogP contribution in [0.25, 0.3) is 0 Å². The smallest absolute Gasteiger partial charge is 0.116 e. The van der Waals surface area contributed by atoms with Crippen LogP contribution in [0, 0.1) is 0 Å². The van der Waals surface area contributed by atoms with Crippen LogP contribution in [-0.4, -0.2) is 32.5 Å². The molecule has 0 aromatic heterocycles. The normalized spacial score (nSPS) is 25.7. The van der Waals surface area contributed by atoms with Gasteiger partial charge in [0.15, 0.2) is 0 Å². The Labute approximate surface area is 66.9 Å². The molecule has 1 unspecified atom stereocenters. The first-order valence-electron chi connectivity index (χ1n) is 3.85. The zero-order valence-corrected chi connectivity index (χ0v) is 6.79. The first-order chi connectivity index (χ1) is 5.43. The van der Waals surface area contributed by atoms with E-state index in [0.717, 1.165) is 0 Å². The fourth-order valence-electron chi connectivity index (χ4n) is 0.892. The zero-order chi connectivity index (χ0) is 7.94. The summed E-state index contributed by atoms with van der Waals surface area (Å²) in [6, 6.07) is 0. The molecule has 0 bridgehead atoms. The Morgan fingerprint density at radius 2 is 2.45 bits per heavy atom. The van der Waals surface area contributed by atoms with Gasteiger partial charge in [0.2, 0.25) is 0 Å². The highest BCUT2D eigenvalue weighted by atomic mass is 16.6. The van der Waals surface area contributed by atoms with E-state index in [2.05, 4.69) is 0 Å². The maximum Gasteiger partial charge on any atom is 0.116 e. The van der Waals surface area contributed by atoms with Gasteiger partial charge in [-0.3, -0.25) is 0 Å². The van der Waals surface area contributed by atoms with Crippen molar-refractivity contribution in [2.75, 3.05) is 26.4 Å². The summed E-state index contributed by atoms with van der Waals surface area (Å²) in [5.41, 5.74) is 0. The van der Waals surface area contributed by atoms with Crippen molar-refractivity contribution in [3.8, 4) is 0 Å². The highest BCUT2D eigenvalue weighted by molar-refractivity contribution is 4.67. The molecule has 1 aliphatic heterocycles. The van der Waals surface area contributed by atoms with Gasteiger partial charge in [-0.2, -0.15) is 0 Å². The lowest BCUT2D eigenvalue weighted by Crippen LogP contribution is -2.31. The standard InChI is InChI=1S/C8H14O3/c1-2-3-9-6-8-7-10-4-5-11-8/h2-3,8H,4-7H2,1H3/b3-2+. The molecule has 3 nitrogen and oxygen atoms in total. The number of allylic oxidation sites excluding steroid dienone is 1. The monoisotopic (exact) mass is 158 g/mol. The quantitative estimate of drug-likeness (QED) is 0.572. The van der Waals surface area contributed by atoms with Crippen molar-refractivity contribution >= 4 is 0 Å². The van der Waals surface area contributed by atoms with Crippen molar-refractivity contribution in [2.45, 2.75) is 13.0 Å². The van der Waals surface area contributed by atoms with E-state index >= 15 is 0 Å². The van der Waals surface area contributed by atoms with Crippen LogP contribution in [0.2, 0.25) is 0 Å². The minimum atomic E-state index is 0.111. The minimum Gasteiger partial charge on any atom is -0.499 e. The summed E-state index contributed by atoms with van der Waals surface area (Å²) in [5.74, 6) is 0. The molecule has 1 aliphatic rings. The molecular weight excluding hydrogens is 144 g/mol. The molecule has 0 aromatic rings. The van der Waals surface area contributed by atoms with Crippen molar-refractivity contribution in [1.82, 2.24) is 0 Å². The summed E-state index contributed by atoms with van der Waals surface area (Å²) in [6.07, 6.45) is 3.63. The van der Waals surface area contributed by atoms with Crippen molar-refractivity contribution in [2.24, 2.45) is 0 Å². The van der Waals surface area contributed by atoms with Gasteiger partial charge in [-0.15, -0.1) is 0 Å². The summed E-state index contributed by atoms with van der Waals surface area (Å²) in [5, 5.41) is 0. The van der Waals surface area contributed by atoms with E-state index in [9.17, 15) is 0 Å². The van der Waals surface area contributed by atoms with Gasteiger partial charge < -0.3 is 14.2 Å². The van der Waals surface area contributed by atoms with Crippen molar-refractivity contribution < 1.29 is 14.2 Å². The molecule has 1 heterocycles. The third kappa shape index (κ3) is 3.39. The minimum absolute atomic E-state index is 0.111. The molecule has 11 heavy (non-hydrogen) atoms. The summed E-state index contributed by atoms with van der Waals surface area (Å²) in [6.45, 7) is 4.55. The fourth-order valence-corrected chi connectivity index (χ4v) is 0.892. The zero-order valence-electron chi connectivity index (χ0n) is 6.79. The van der Waals surface area contributed by atoms with E-state index in [1.54, 1.807) is 6.26 Å². The van der Waals surface area contributed by atoms with E-state index in [4.69, 9.17) is 14.2 Å². The highest BCUT2D eigenvalue weighted by Crippen LogP contribution is 2.00. The molecule has 0 amide bonds. The van der Waals surface area contributed by atoms with Crippen LogP contribution >= 0.6 is 0 Å². The van der Waals surface area contributed by atoms with E-state index in [0.29, 0.717) is 26.4 Å². The van der Waals surface area contributed by atoms with E-state index < -0.39 is 0 Å².